The van der Waals surface area contributed by atoms with Crippen LogP contribution in [0.15, 0.2) is 30.3 Å². The molecule has 0 spiro atoms. The molecule has 0 aromatic heterocycles. The summed E-state index contributed by atoms with van der Waals surface area (Å²) in [5.41, 5.74) is 0.824. The van der Waals surface area contributed by atoms with E-state index in [1.807, 2.05) is 44.2 Å². The third-order valence-electron chi connectivity index (χ3n) is 3.49. The zero-order chi connectivity index (χ0) is 18.1. The molecular weight excluding hydrogens is 326 g/mol. The van der Waals surface area contributed by atoms with Gasteiger partial charge in [0, 0.05) is 5.56 Å². The van der Waals surface area contributed by atoms with Crippen LogP contribution in [0.4, 0.5) is 0 Å². The summed E-state index contributed by atoms with van der Waals surface area (Å²) in [6.45, 7) is 7.62. The van der Waals surface area contributed by atoms with E-state index >= 15 is 0 Å². The molecule has 0 heterocycles. The highest BCUT2D eigenvalue weighted by molar-refractivity contribution is 7.80. The van der Waals surface area contributed by atoms with Gasteiger partial charge in [0.25, 0.3) is 0 Å². The van der Waals surface area contributed by atoms with E-state index in [4.69, 9.17) is 21.7 Å². The van der Waals surface area contributed by atoms with Crippen molar-refractivity contribution in [3.8, 4) is 0 Å². The molecule has 1 rings (SSSR count). The number of hydrogen-bond donors (Lipinski definition) is 1. The van der Waals surface area contributed by atoms with Gasteiger partial charge in [-0.1, -0.05) is 56.4 Å². The van der Waals surface area contributed by atoms with E-state index in [1.54, 1.807) is 13.8 Å². The fourth-order valence-electron chi connectivity index (χ4n) is 2.31. The fraction of sp³-hybridized carbons (Fsp3) is 0.500. The molecule has 0 radical (unpaired) electrons. The topological polar surface area (TPSA) is 64.6 Å². The van der Waals surface area contributed by atoms with Crippen LogP contribution in [0.3, 0.4) is 0 Å². The highest BCUT2D eigenvalue weighted by Gasteiger charge is 2.39. The van der Waals surface area contributed by atoms with Crippen molar-refractivity contribution in [1.29, 1.82) is 0 Å². The van der Waals surface area contributed by atoms with Gasteiger partial charge in [-0.15, -0.1) is 0 Å². The van der Waals surface area contributed by atoms with Gasteiger partial charge in [-0.05, 0) is 19.8 Å². The number of ether oxygens (including phenoxy) is 2. The van der Waals surface area contributed by atoms with Crippen molar-refractivity contribution in [2.45, 2.75) is 33.7 Å². The monoisotopic (exact) mass is 351 g/mol. The Balaban J connectivity index is 3.05. The van der Waals surface area contributed by atoms with Crippen molar-refractivity contribution in [2.75, 3.05) is 13.2 Å². The van der Waals surface area contributed by atoms with Gasteiger partial charge in [-0.2, -0.15) is 0 Å². The Kier molecular flexibility index (Phi) is 8.40. The van der Waals surface area contributed by atoms with Crippen molar-refractivity contribution >= 4 is 29.1 Å². The largest absolute Gasteiger partial charge is 0.465 e. The first-order valence-corrected chi connectivity index (χ1v) is 8.52. The second-order valence-corrected chi connectivity index (χ2v) is 6.00. The molecule has 0 saturated heterocycles. The lowest BCUT2D eigenvalue weighted by molar-refractivity contribution is -0.163. The quantitative estimate of drug-likeness (QED) is 0.441. The third kappa shape index (κ3) is 5.60. The van der Waals surface area contributed by atoms with Gasteiger partial charge in [-0.25, -0.2) is 0 Å². The molecule has 1 aromatic rings. The van der Waals surface area contributed by atoms with E-state index < -0.39 is 23.9 Å². The summed E-state index contributed by atoms with van der Waals surface area (Å²) in [6.07, 6.45) is 0. The van der Waals surface area contributed by atoms with Crippen molar-refractivity contribution in [3.63, 3.8) is 0 Å². The molecule has 24 heavy (non-hydrogen) atoms. The first kappa shape index (κ1) is 20.1. The number of thiocarbonyl (C=S) groups is 1. The van der Waals surface area contributed by atoms with Gasteiger partial charge < -0.3 is 14.8 Å². The smallest absolute Gasteiger partial charge is 0.322 e. The molecule has 0 aliphatic rings. The highest BCUT2D eigenvalue weighted by atomic mass is 32.1. The summed E-state index contributed by atoms with van der Waals surface area (Å²) in [5, 5.41) is 3.14. The van der Waals surface area contributed by atoms with Gasteiger partial charge in [0.05, 0.1) is 19.3 Å². The van der Waals surface area contributed by atoms with Crippen molar-refractivity contribution in [2.24, 2.45) is 11.8 Å². The van der Waals surface area contributed by atoms with Crippen LogP contribution in [0.1, 0.15) is 33.3 Å². The lowest BCUT2D eigenvalue weighted by Crippen LogP contribution is -2.50. The van der Waals surface area contributed by atoms with Crippen LogP contribution in [0.5, 0.6) is 0 Å². The maximum Gasteiger partial charge on any atom is 0.322 e. The zero-order valence-electron chi connectivity index (χ0n) is 14.6. The summed E-state index contributed by atoms with van der Waals surface area (Å²) in [7, 11) is 0. The minimum Gasteiger partial charge on any atom is -0.465 e. The molecule has 0 bridgehead atoms. The summed E-state index contributed by atoms with van der Waals surface area (Å²) in [4.78, 5) is 25.1. The highest BCUT2D eigenvalue weighted by Crippen LogP contribution is 2.18. The van der Waals surface area contributed by atoms with Crippen LogP contribution in [0, 0.1) is 11.8 Å². The molecule has 1 aromatic carbocycles. The average Bonchev–Trinajstić information content (AvgIpc) is 2.55. The van der Waals surface area contributed by atoms with Gasteiger partial charge in [0.1, 0.15) is 4.99 Å². The minimum absolute atomic E-state index is 0.0366. The fourth-order valence-corrected chi connectivity index (χ4v) is 2.58. The van der Waals surface area contributed by atoms with E-state index in [2.05, 4.69) is 5.32 Å². The number of nitrogens with one attached hydrogen (secondary N) is 1. The molecule has 5 nitrogen and oxygen atoms in total. The van der Waals surface area contributed by atoms with Crippen molar-refractivity contribution in [3.05, 3.63) is 35.9 Å². The van der Waals surface area contributed by atoms with E-state index in [-0.39, 0.29) is 19.1 Å². The minimum atomic E-state index is -1.06. The van der Waals surface area contributed by atoms with Crippen molar-refractivity contribution < 1.29 is 19.1 Å². The Labute approximate surface area is 148 Å². The molecule has 1 N–H and O–H groups in total. The molecule has 0 aliphatic carbocycles. The molecule has 0 amide bonds. The summed E-state index contributed by atoms with van der Waals surface area (Å²) >= 11 is 5.42. The van der Waals surface area contributed by atoms with Crippen LogP contribution in [0.25, 0.3) is 0 Å². The summed E-state index contributed by atoms with van der Waals surface area (Å²) < 4.78 is 10.1. The van der Waals surface area contributed by atoms with Crippen LogP contribution >= 0.6 is 12.2 Å². The average molecular weight is 351 g/mol. The normalized spacial score (nSPS) is 11.9. The van der Waals surface area contributed by atoms with Gasteiger partial charge in [-0.3, -0.25) is 9.59 Å². The second kappa shape index (κ2) is 10.0. The Morgan fingerprint density at radius 2 is 1.54 bits per heavy atom. The van der Waals surface area contributed by atoms with E-state index in [0.717, 1.165) is 5.56 Å². The SMILES string of the molecule is CCOC(=O)C(C(=O)OCC)C(NC(=S)c1ccccc1)C(C)C. The molecule has 0 saturated carbocycles. The molecule has 1 atom stereocenters. The Hall–Kier alpha value is -1.95. The first-order valence-electron chi connectivity index (χ1n) is 8.11. The number of esters is 2. The van der Waals surface area contributed by atoms with E-state index in [1.165, 1.54) is 0 Å². The van der Waals surface area contributed by atoms with Crippen LogP contribution in [-0.4, -0.2) is 36.2 Å². The van der Waals surface area contributed by atoms with Gasteiger partial charge in [0.15, 0.2) is 5.92 Å². The maximum absolute atomic E-state index is 12.3. The molecule has 1 unspecified atom stereocenters. The van der Waals surface area contributed by atoms with Gasteiger partial charge in [0.2, 0.25) is 0 Å². The lowest BCUT2D eigenvalue weighted by Gasteiger charge is -2.29. The number of carbonyl (C=O) groups is 2. The standard InChI is InChI=1S/C18H25NO4S/c1-5-22-17(20)14(18(21)23-6-2)15(12(3)4)19-16(24)13-10-8-7-9-11-13/h7-12,14-15H,5-6H2,1-4H3,(H,19,24). The van der Waals surface area contributed by atoms with Crippen LogP contribution in [0.2, 0.25) is 0 Å². The lowest BCUT2D eigenvalue weighted by atomic mass is 9.90. The predicted octanol–water partition coefficient (Wildman–Crippen LogP) is 2.72. The zero-order valence-corrected chi connectivity index (χ0v) is 15.4. The molecule has 0 aliphatic heterocycles. The Morgan fingerprint density at radius 1 is 1.04 bits per heavy atom. The third-order valence-corrected chi connectivity index (χ3v) is 3.85. The van der Waals surface area contributed by atoms with E-state index in [9.17, 15) is 9.59 Å². The number of hydrogen-bond acceptors (Lipinski definition) is 5. The maximum atomic E-state index is 12.3. The number of benzene rings is 1. The predicted molar refractivity (Wildman–Crippen MR) is 96.7 cm³/mol. The summed E-state index contributed by atoms with van der Waals surface area (Å²) in [6, 6.07) is 8.87. The molecule has 132 valence electrons. The molecule has 6 heteroatoms. The first-order chi connectivity index (χ1) is 11.4. The Morgan fingerprint density at radius 3 is 1.96 bits per heavy atom. The van der Waals surface area contributed by atoms with Crippen molar-refractivity contribution in [1.82, 2.24) is 5.32 Å². The van der Waals surface area contributed by atoms with Crippen LogP contribution < -0.4 is 5.32 Å². The number of carbonyl (C=O) groups excluding carboxylic acids is 2. The number of rotatable bonds is 8. The van der Waals surface area contributed by atoms with Crippen LogP contribution in [-0.2, 0) is 19.1 Å². The summed E-state index contributed by atoms with van der Waals surface area (Å²) in [5.74, 6) is -2.30. The second-order valence-electron chi connectivity index (χ2n) is 5.59. The van der Waals surface area contributed by atoms with E-state index in [0.29, 0.717) is 4.99 Å². The molecule has 0 fully saturated rings. The molecular formula is C18H25NO4S. The van der Waals surface area contributed by atoms with Gasteiger partial charge >= 0.3 is 11.9 Å². The Bertz CT molecular complexity index is 541.